The van der Waals surface area contributed by atoms with E-state index in [-0.39, 0.29) is 35.6 Å². The van der Waals surface area contributed by atoms with Crippen molar-refractivity contribution in [2.45, 2.75) is 57.6 Å². The fourth-order valence-electron chi connectivity index (χ4n) is 3.72. The second-order valence-corrected chi connectivity index (χ2v) is 6.28. The van der Waals surface area contributed by atoms with Gasteiger partial charge in [-0.3, -0.25) is 4.99 Å². The van der Waals surface area contributed by atoms with Crippen LogP contribution >= 0.6 is 24.0 Å². The van der Waals surface area contributed by atoms with Crippen LogP contribution in [0.15, 0.2) is 29.3 Å². The van der Waals surface area contributed by atoms with E-state index in [0.717, 1.165) is 31.2 Å². The third-order valence-electron chi connectivity index (χ3n) is 4.68. The number of hydrogen-bond acceptors (Lipinski definition) is 2. The highest BCUT2D eigenvalue weighted by atomic mass is 127. The summed E-state index contributed by atoms with van der Waals surface area (Å²) in [6.45, 7) is 5.83. The maximum atomic E-state index is 6.41. The SMILES string of the molecule is CCN=C(NCC)NC1CC2(CCCC2)Oc2ccccc21.I. The summed E-state index contributed by atoms with van der Waals surface area (Å²) in [4.78, 5) is 4.55. The third-order valence-corrected chi connectivity index (χ3v) is 4.68. The van der Waals surface area contributed by atoms with E-state index in [9.17, 15) is 0 Å². The number of halogens is 1. The first kappa shape index (κ1) is 18.4. The number of para-hydroxylation sites is 1. The average molecular weight is 429 g/mol. The molecule has 3 rings (SSSR count). The number of rotatable bonds is 3. The molecule has 1 aliphatic heterocycles. The van der Waals surface area contributed by atoms with Crippen LogP contribution in [0.4, 0.5) is 0 Å². The lowest BCUT2D eigenvalue weighted by Gasteiger charge is -2.40. The molecule has 0 amide bonds. The fraction of sp³-hybridized carbons (Fsp3) is 0.611. The van der Waals surface area contributed by atoms with Crippen molar-refractivity contribution in [3.05, 3.63) is 29.8 Å². The van der Waals surface area contributed by atoms with Crippen molar-refractivity contribution in [2.75, 3.05) is 13.1 Å². The van der Waals surface area contributed by atoms with Crippen LogP contribution in [0.3, 0.4) is 0 Å². The molecular weight excluding hydrogens is 401 g/mol. The lowest BCUT2D eigenvalue weighted by atomic mass is 9.86. The van der Waals surface area contributed by atoms with Crippen LogP contribution in [0.5, 0.6) is 5.75 Å². The number of hydrogen-bond donors (Lipinski definition) is 2. The molecule has 5 heteroatoms. The minimum Gasteiger partial charge on any atom is -0.487 e. The van der Waals surface area contributed by atoms with Crippen molar-refractivity contribution in [3.63, 3.8) is 0 Å². The quantitative estimate of drug-likeness (QED) is 0.434. The van der Waals surface area contributed by atoms with Gasteiger partial charge in [-0.25, -0.2) is 0 Å². The monoisotopic (exact) mass is 429 g/mol. The first-order valence-electron chi connectivity index (χ1n) is 8.59. The zero-order valence-corrected chi connectivity index (χ0v) is 16.4. The highest BCUT2D eigenvalue weighted by molar-refractivity contribution is 14.0. The van der Waals surface area contributed by atoms with Gasteiger partial charge in [-0.2, -0.15) is 0 Å². The predicted molar refractivity (Wildman–Crippen MR) is 106 cm³/mol. The largest absolute Gasteiger partial charge is 0.487 e. The smallest absolute Gasteiger partial charge is 0.191 e. The molecule has 1 fully saturated rings. The highest BCUT2D eigenvalue weighted by Gasteiger charge is 2.43. The number of nitrogens with one attached hydrogen (secondary N) is 2. The summed E-state index contributed by atoms with van der Waals surface area (Å²) in [6, 6.07) is 8.70. The van der Waals surface area contributed by atoms with Crippen molar-refractivity contribution >= 4 is 29.9 Å². The Bertz CT molecular complexity index is 541. The molecule has 1 aromatic carbocycles. The Morgan fingerprint density at radius 2 is 2.00 bits per heavy atom. The van der Waals surface area contributed by atoms with Crippen LogP contribution in [0.25, 0.3) is 0 Å². The van der Waals surface area contributed by atoms with Crippen LogP contribution in [-0.2, 0) is 0 Å². The molecule has 1 aliphatic carbocycles. The number of fused-ring (bicyclic) bond motifs is 1. The summed E-state index contributed by atoms with van der Waals surface area (Å²) < 4.78 is 6.41. The van der Waals surface area contributed by atoms with Crippen LogP contribution in [-0.4, -0.2) is 24.7 Å². The van der Waals surface area contributed by atoms with E-state index in [1.165, 1.54) is 31.2 Å². The predicted octanol–water partition coefficient (Wildman–Crippen LogP) is 4.02. The Morgan fingerprint density at radius 3 is 2.70 bits per heavy atom. The fourth-order valence-corrected chi connectivity index (χ4v) is 3.72. The van der Waals surface area contributed by atoms with E-state index >= 15 is 0 Å². The van der Waals surface area contributed by atoms with E-state index in [1.807, 2.05) is 0 Å². The normalized spacial score (nSPS) is 22.0. The van der Waals surface area contributed by atoms with Gasteiger partial charge in [0.25, 0.3) is 0 Å². The number of aliphatic imine (C=N–C) groups is 1. The minimum absolute atomic E-state index is 0. The van der Waals surface area contributed by atoms with Crippen LogP contribution in [0.2, 0.25) is 0 Å². The van der Waals surface area contributed by atoms with Crippen LogP contribution < -0.4 is 15.4 Å². The summed E-state index contributed by atoms with van der Waals surface area (Å²) in [5.41, 5.74) is 1.27. The Morgan fingerprint density at radius 1 is 1.26 bits per heavy atom. The molecule has 1 spiro atoms. The van der Waals surface area contributed by atoms with Gasteiger partial charge >= 0.3 is 0 Å². The summed E-state index contributed by atoms with van der Waals surface area (Å²) in [5.74, 6) is 1.94. The average Bonchev–Trinajstić information content (AvgIpc) is 2.95. The zero-order chi connectivity index (χ0) is 15.4. The zero-order valence-electron chi connectivity index (χ0n) is 14.1. The molecule has 1 unspecified atom stereocenters. The second kappa shape index (κ2) is 8.22. The van der Waals surface area contributed by atoms with Gasteiger partial charge in [0.2, 0.25) is 0 Å². The molecule has 0 radical (unpaired) electrons. The van der Waals surface area contributed by atoms with Crippen LogP contribution in [0.1, 0.15) is 57.6 Å². The molecule has 2 aliphatic rings. The summed E-state index contributed by atoms with van der Waals surface area (Å²) >= 11 is 0. The van der Waals surface area contributed by atoms with Crippen molar-refractivity contribution in [1.82, 2.24) is 10.6 Å². The molecule has 2 N–H and O–H groups in total. The first-order chi connectivity index (χ1) is 10.8. The van der Waals surface area contributed by atoms with Crippen LogP contribution in [0, 0.1) is 0 Å². The topological polar surface area (TPSA) is 45.7 Å². The molecule has 1 aromatic rings. The van der Waals surface area contributed by atoms with E-state index in [4.69, 9.17) is 4.74 Å². The molecule has 0 bridgehead atoms. The van der Waals surface area contributed by atoms with E-state index in [2.05, 4.69) is 53.7 Å². The number of guanidine groups is 1. The Hall–Kier alpha value is -0.980. The number of ether oxygens (including phenoxy) is 1. The summed E-state index contributed by atoms with van der Waals surface area (Å²) in [5, 5.41) is 6.96. The van der Waals surface area contributed by atoms with E-state index < -0.39 is 0 Å². The lowest BCUT2D eigenvalue weighted by Crippen LogP contribution is -2.46. The maximum absolute atomic E-state index is 6.41. The van der Waals surface area contributed by atoms with Crippen molar-refractivity contribution in [2.24, 2.45) is 4.99 Å². The maximum Gasteiger partial charge on any atom is 0.191 e. The van der Waals surface area contributed by atoms with Crippen molar-refractivity contribution in [3.8, 4) is 5.75 Å². The van der Waals surface area contributed by atoms with Gasteiger partial charge in [0.15, 0.2) is 5.96 Å². The first-order valence-corrected chi connectivity index (χ1v) is 8.59. The Balaban J connectivity index is 0.00000192. The van der Waals surface area contributed by atoms with Gasteiger partial charge in [-0.1, -0.05) is 18.2 Å². The molecule has 1 heterocycles. The minimum atomic E-state index is 0. The molecule has 4 nitrogen and oxygen atoms in total. The van der Waals surface area contributed by atoms with Crippen molar-refractivity contribution in [1.29, 1.82) is 0 Å². The standard InChI is InChI=1S/C18H27N3O.HI/c1-3-19-17(20-4-2)21-15-13-18(11-7-8-12-18)22-16-10-6-5-9-14(15)16;/h5-6,9-10,15H,3-4,7-8,11-13H2,1-2H3,(H2,19,20,21);1H. The molecule has 1 atom stereocenters. The van der Waals surface area contributed by atoms with Gasteiger partial charge in [-0.05, 0) is 45.6 Å². The van der Waals surface area contributed by atoms with Gasteiger partial charge in [0, 0.05) is 25.1 Å². The number of nitrogens with zero attached hydrogens (tertiary/aromatic N) is 1. The molecule has 1 saturated carbocycles. The molecule has 0 aromatic heterocycles. The van der Waals surface area contributed by atoms with Gasteiger partial charge in [0.1, 0.15) is 11.4 Å². The Kier molecular flexibility index (Phi) is 6.56. The summed E-state index contributed by atoms with van der Waals surface area (Å²) in [7, 11) is 0. The van der Waals surface area contributed by atoms with Gasteiger partial charge in [-0.15, -0.1) is 24.0 Å². The van der Waals surface area contributed by atoms with E-state index in [0.29, 0.717) is 0 Å². The molecule has 128 valence electrons. The second-order valence-electron chi connectivity index (χ2n) is 6.28. The van der Waals surface area contributed by atoms with Gasteiger partial charge < -0.3 is 15.4 Å². The lowest BCUT2D eigenvalue weighted by molar-refractivity contribution is 0.0396. The third kappa shape index (κ3) is 4.11. The van der Waals surface area contributed by atoms with Gasteiger partial charge in [0.05, 0.1) is 6.04 Å². The Labute approximate surface area is 156 Å². The van der Waals surface area contributed by atoms with E-state index in [1.54, 1.807) is 0 Å². The summed E-state index contributed by atoms with van der Waals surface area (Å²) in [6.07, 6.45) is 5.91. The number of benzene rings is 1. The molecule has 23 heavy (non-hydrogen) atoms. The molecule has 0 saturated heterocycles. The molecular formula is C18H28IN3O. The highest BCUT2D eigenvalue weighted by Crippen LogP contribution is 2.46. The van der Waals surface area contributed by atoms with Crippen molar-refractivity contribution < 1.29 is 4.74 Å².